The average molecular weight is 228 g/mol. The minimum atomic E-state index is 0.442. The van der Waals surface area contributed by atoms with E-state index in [0.717, 1.165) is 23.8 Å². The number of hydrogen-bond acceptors (Lipinski definition) is 2. The predicted octanol–water partition coefficient (Wildman–Crippen LogP) is 3.88. The summed E-state index contributed by atoms with van der Waals surface area (Å²) in [5.74, 6) is 3.46. The second kappa shape index (κ2) is 4.56. The summed E-state index contributed by atoms with van der Waals surface area (Å²) < 4.78 is 5.77. The molecule has 1 heterocycles. The van der Waals surface area contributed by atoms with Gasteiger partial charge in [-0.05, 0) is 25.2 Å². The lowest BCUT2D eigenvalue weighted by Gasteiger charge is -2.09. The number of rotatable bonds is 3. The minimum absolute atomic E-state index is 0.442. The summed E-state index contributed by atoms with van der Waals surface area (Å²) in [5.41, 5.74) is 1.04. The average Bonchev–Trinajstić information content (AvgIpc) is 2.82. The third-order valence-corrected chi connectivity index (χ3v) is 3.67. The molecule has 1 aromatic heterocycles. The van der Waals surface area contributed by atoms with Gasteiger partial charge in [0.2, 0.25) is 0 Å². The second-order valence-electron chi connectivity index (χ2n) is 4.42. The van der Waals surface area contributed by atoms with Crippen LogP contribution in [0, 0.1) is 5.92 Å². The first-order chi connectivity index (χ1) is 7.26. The number of oxazole rings is 1. The van der Waals surface area contributed by atoms with Crippen LogP contribution in [0.5, 0.6) is 0 Å². The fourth-order valence-electron chi connectivity index (χ4n) is 2.45. The van der Waals surface area contributed by atoms with Crippen LogP contribution in [-0.4, -0.2) is 4.98 Å². The van der Waals surface area contributed by atoms with Gasteiger partial charge in [0.05, 0.1) is 11.6 Å². The molecule has 0 saturated heterocycles. The van der Waals surface area contributed by atoms with Crippen molar-refractivity contribution >= 4 is 11.6 Å². The summed E-state index contributed by atoms with van der Waals surface area (Å²) in [7, 11) is 0. The summed E-state index contributed by atoms with van der Waals surface area (Å²) >= 11 is 5.83. The Bertz CT molecular complexity index is 313. The van der Waals surface area contributed by atoms with E-state index in [9.17, 15) is 0 Å². The third kappa shape index (κ3) is 2.05. The minimum Gasteiger partial charge on any atom is -0.444 e. The Balaban J connectivity index is 2.24. The smallest absolute Gasteiger partial charge is 0.198 e. The van der Waals surface area contributed by atoms with Crippen molar-refractivity contribution in [3.63, 3.8) is 0 Å². The van der Waals surface area contributed by atoms with E-state index in [2.05, 4.69) is 18.8 Å². The molecule has 2 nitrogen and oxygen atoms in total. The number of hydrogen-bond donors (Lipinski definition) is 0. The largest absolute Gasteiger partial charge is 0.444 e. The van der Waals surface area contributed by atoms with E-state index in [4.69, 9.17) is 16.0 Å². The molecule has 1 aliphatic rings. The van der Waals surface area contributed by atoms with Gasteiger partial charge in [0.25, 0.3) is 0 Å². The van der Waals surface area contributed by atoms with Crippen molar-refractivity contribution in [3.8, 4) is 0 Å². The van der Waals surface area contributed by atoms with Gasteiger partial charge in [0.15, 0.2) is 5.89 Å². The van der Waals surface area contributed by atoms with Crippen LogP contribution in [-0.2, 0) is 12.3 Å². The van der Waals surface area contributed by atoms with E-state index in [-0.39, 0.29) is 0 Å². The molecular formula is C12H18ClNO. The van der Waals surface area contributed by atoms with Gasteiger partial charge in [-0.2, -0.15) is 0 Å². The Labute approximate surface area is 96.0 Å². The molecule has 3 heteroatoms. The van der Waals surface area contributed by atoms with Gasteiger partial charge < -0.3 is 4.42 Å². The zero-order valence-electron chi connectivity index (χ0n) is 9.42. The Hall–Kier alpha value is -0.500. The van der Waals surface area contributed by atoms with Crippen LogP contribution in [0.1, 0.15) is 56.4 Å². The van der Waals surface area contributed by atoms with Gasteiger partial charge in [-0.25, -0.2) is 4.98 Å². The van der Waals surface area contributed by atoms with E-state index < -0.39 is 0 Å². The van der Waals surface area contributed by atoms with Gasteiger partial charge in [-0.3, -0.25) is 0 Å². The first kappa shape index (κ1) is 11.0. The molecule has 0 bridgehead atoms. The van der Waals surface area contributed by atoms with Crippen molar-refractivity contribution in [1.82, 2.24) is 4.98 Å². The Morgan fingerprint density at radius 2 is 2.27 bits per heavy atom. The number of aromatic nitrogens is 1. The number of aryl methyl sites for hydroxylation is 1. The highest BCUT2D eigenvalue weighted by molar-refractivity contribution is 6.16. The molecule has 0 spiro atoms. The number of halogens is 1. The molecule has 0 aromatic carbocycles. The molecule has 1 saturated carbocycles. The fourth-order valence-corrected chi connectivity index (χ4v) is 2.66. The first-order valence-electron chi connectivity index (χ1n) is 5.80. The van der Waals surface area contributed by atoms with Crippen molar-refractivity contribution in [3.05, 3.63) is 17.3 Å². The molecule has 1 aromatic rings. The van der Waals surface area contributed by atoms with Crippen LogP contribution in [0.3, 0.4) is 0 Å². The molecule has 84 valence electrons. The Morgan fingerprint density at radius 1 is 1.47 bits per heavy atom. The molecular weight excluding hydrogens is 210 g/mol. The Kier molecular flexibility index (Phi) is 3.35. The maximum Gasteiger partial charge on any atom is 0.198 e. The molecule has 2 atom stereocenters. The molecule has 0 aliphatic heterocycles. The van der Waals surface area contributed by atoms with Crippen LogP contribution < -0.4 is 0 Å². The highest BCUT2D eigenvalue weighted by Gasteiger charge is 2.29. The predicted molar refractivity (Wildman–Crippen MR) is 61.2 cm³/mol. The van der Waals surface area contributed by atoms with Crippen molar-refractivity contribution in [2.24, 2.45) is 5.92 Å². The van der Waals surface area contributed by atoms with Gasteiger partial charge in [0, 0.05) is 5.92 Å². The zero-order chi connectivity index (χ0) is 10.8. The maximum atomic E-state index is 5.83. The summed E-state index contributed by atoms with van der Waals surface area (Å²) in [6, 6.07) is 0. The standard InChI is InChI=1S/C12H18ClNO/c1-3-10-11(7-13)15-12(14-10)9-6-4-5-8(9)2/h8-9H,3-7H2,1-2H3. The second-order valence-corrected chi connectivity index (χ2v) is 4.69. The fraction of sp³-hybridized carbons (Fsp3) is 0.750. The molecule has 0 amide bonds. The molecule has 2 unspecified atom stereocenters. The van der Waals surface area contributed by atoms with Crippen LogP contribution in [0.25, 0.3) is 0 Å². The first-order valence-corrected chi connectivity index (χ1v) is 6.34. The lowest BCUT2D eigenvalue weighted by Crippen LogP contribution is -2.02. The van der Waals surface area contributed by atoms with Gasteiger partial charge in [0.1, 0.15) is 5.76 Å². The van der Waals surface area contributed by atoms with Crippen LogP contribution in [0.15, 0.2) is 4.42 Å². The van der Waals surface area contributed by atoms with Crippen molar-refractivity contribution in [1.29, 1.82) is 0 Å². The topological polar surface area (TPSA) is 26.0 Å². The van der Waals surface area contributed by atoms with Crippen LogP contribution >= 0.6 is 11.6 Å². The normalized spacial score (nSPS) is 26.1. The monoisotopic (exact) mass is 227 g/mol. The Morgan fingerprint density at radius 3 is 2.73 bits per heavy atom. The van der Waals surface area contributed by atoms with E-state index in [0.29, 0.717) is 17.7 Å². The molecule has 1 aliphatic carbocycles. The van der Waals surface area contributed by atoms with E-state index in [1.165, 1.54) is 19.3 Å². The molecule has 1 fully saturated rings. The van der Waals surface area contributed by atoms with E-state index in [1.54, 1.807) is 0 Å². The maximum absolute atomic E-state index is 5.83. The zero-order valence-corrected chi connectivity index (χ0v) is 10.2. The highest BCUT2D eigenvalue weighted by atomic mass is 35.5. The van der Waals surface area contributed by atoms with Crippen LogP contribution in [0.2, 0.25) is 0 Å². The molecule has 15 heavy (non-hydrogen) atoms. The van der Waals surface area contributed by atoms with E-state index in [1.807, 2.05) is 0 Å². The summed E-state index contributed by atoms with van der Waals surface area (Å²) in [6.07, 6.45) is 4.72. The van der Waals surface area contributed by atoms with Crippen molar-refractivity contribution < 1.29 is 4.42 Å². The lowest BCUT2D eigenvalue weighted by molar-refractivity contribution is 0.387. The van der Waals surface area contributed by atoms with Crippen molar-refractivity contribution in [2.45, 2.75) is 51.3 Å². The summed E-state index contributed by atoms with van der Waals surface area (Å²) in [4.78, 5) is 4.58. The number of nitrogens with zero attached hydrogens (tertiary/aromatic N) is 1. The van der Waals surface area contributed by atoms with Crippen molar-refractivity contribution in [2.75, 3.05) is 0 Å². The van der Waals surface area contributed by atoms with Gasteiger partial charge in [-0.15, -0.1) is 11.6 Å². The molecule has 0 radical (unpaired) electrons. The summed E-state index contributed by atoms with van der Waals surface area (Å²) in [6.45, 7) is 4.38. The third-order valence-electron chi connectivity index (χ3n) is 3.43. The molecule has 0 N–H and O–H groups in total. The van der Waals surface area contributed by atoms with Crippen LogP contribution in [0.4, 0.5) is 0 Å². The van der Waals surface area contributed by atoms with E-state index >= 15 is 0 Å². The molecule has 2 rings (SSSR count). The lowest BCUT2D eigenvalue weighted by atomic mass is 9.98. The number of alkyl halides is 1. The van der Waals surface area contributed by atoms with Gasteiger partial charge >= 0.3 is 0 Å². The summed E-state index contributed by atoms with van der Waals surface area (Å²) in [5, 5.41) is 0. The SMILES string of the molecule is CCc1nc(C2CCCC2C)oc1CCl. The highest BCUT2D eigenvalue weighted by Crippen LogP contribution is 2.39. The van der Waals surface area contributed by atoms with Gasteiger partial charge in [-0.1, -0.05) is 20.3 Å². The quantitative estimate of drug-likeness (QED) is 0.733.